The molecule has 0 spiro atoms. The maximum atomic E-state index is 12.8. The van der Waals surface area contributed by atoms with Gasteiger partial charge in [-0.1, -0.05) is 31.9 Å². The van der Waals surface area contributed by atoms with E-state index in [4.69, 9.17) is 14.2 Å². The molecule has 0 aliphatic carbocycles. The van der Waals surface area contributed by atoms with Gasteiger partial charge in [-0.15, -0.1) is 0 Å². The number of hydrogen-bond acceptors (Lipinski definition) is 8. The Morgan fingerprint density at radius 3 is 2.89 bits per heavy atom. The van der Waals surface area contributed by atoms with Crippen LogP contribution in [0.1, 0.15) is 44.4 Å². The lowest BCUT2D eigenvalue weighted by atomic mass is 10.0. The van der Waals surface area contributed by atoms with E-state index in [2.05, 4.69) is 73.3 Å². The van der Waals surface area contributed by atoms with Crippen molar-refractivity contribution in [2.75, 3.05) is 25.6 Å². The highest BCUT2D eigenvalue weighted by molar-refractivity contribution is 14.1. The minimum absolute atomic E-state index is 0.233. The number of benzene rings is 1. The normalized spacial score (nSPS) is 26.8. The first-order valence-corrected chi connectivity index (χ1v) is 13.9. The van der Waals surface area contributed by atoms with Crippen LogP contribution in [-0.4, -0.2) is 64.0 Å². The number of nitrogens with zero attached hydrogens (tertiary/aromatic N) is 4. The zero-order valence-corrected chi connectivity index (χ0v) is 23.3. The molecule has 3 aromatic rings. The maximum absolute atomic E-state index is 12.8. The van der Waals surface area contributed by atoms with Crippen LogP contribution in [0.15, 0.2) is 36.9 Å². The summed E-state index contributed by atoms with van der Waals surface area (Å²) in [6.45, 7) is 3.92. The fraction of sp³-hybridized carbons (Fsp3) is 0.538. The number of carbonyl (C=O) groups is 1. The third-order valence-electron chi connectivity index (χ3n) is 6.90. The minimum atomic E-state index is -0.798. The number of aromatic nitrogens is 4. The summed E-state index contributed by atoms with van der Waals surface area (Å²) < 4.78 is 22.0. The van der Waals surface area contributed by atoms with Crippen molar-refractivity contribution >= 4 is 45.5 Å². The third-order valence-corrected chi connectivity index (χ3v) is 7.57. The molecule has 2 aliphatic heterocycles. The molecular formula is C26H33IN6O4. The first-order chi connectivity index (χ1) is 18.0. The molecule has 0 bridgehead atoms. The summed E-state index contributed by atoms with van der Waals surface area (Å²) in [6.07, 6.45) is 5.03. The molecule has 2 fully saturated rings. The Morgan fingerprint density at radius 1 is 1.16 bits per heavy atom. The van der Waals surface area contributed by atoms with Crippen molar-refractivity contribution in [3.63, 3.8) is 0 Å². The molecule has 4 heterocycles. The SMILES string of the molecule is CNC(=O)[C@H]1O[C@@H](n2cnc3c(NCc4cccc(I)c4)ncnc32)[C@@H]2OCC(C)CCCCCO[C@@H]21. The molecule has 37 heavy (non-hydrogen) atoms. The number of anilines is 1. The van der Waals surface area contributed by atoms with Gasteiger partial charge in [0.2, 0.25) is 0 Å². The van der Waals surface area contributed by atoms with Gasteiger partial charge in [0, 0.05) is 30.4 Å². The lowest BCUT2D eigenvalue weighted by molar-refractivity contribution is -0.139. The van der Waals surface area contributed by atoms with Crippen LogP contribution in [0.4, 0.5) is 5.82 Å². The van der Waals surface area contributed by atoms with E-state index in [0.29, 0.717) is 42.7 Å². The van der Waals surface area contributed by atoms with Gasteiger partial charge in [0.1, 0.15) is 18.5 Å². The average Bonchev–Trinajstić information content (AvgIpc) is 3.48. The molecule has 0 radical (unpaired) electrons. The van der Waals surface area contributed by atoms with Crippen molar-refractivity contribution in [3.05, 3.63) is 46.1 Å². The van der Waals surface area contributed by atoms with Gasteiger partial charge in [-0.3, -0.25) is 9.36 Å². The van der Waals surface area contributed by atoms with Crippen LogP contribution >= 0.6 is 22.6 Å². The summed E-state index contributed by atoms with van der Waals surface area (Å²) in [6, 6.07) is 8.28. The number of carbonyl (C=O) groups excluding carboxylic acids is 1. The number of amides is 1. The topological polar surface area (TPSA) is 112 Å². The smallest absolute Gasteiger partial charge is 0.251 e. The second-order valence-electron chi connectivity index (χ2n) is 9.68. The molecule has 1 amide bonds. The van der Waals surface area contributed by atoms with E-state index in [1.807, 2.05) is 10.6 Å². The Morgan fingerprint density at radius 2 is 2.05 bits per heavy atom. The van der Waals surface area contributed by atoms with Gasteiger partial charge < -0.3 is 24.8 Å². The summed E-state index contributed by atoms with van der Waals surface area (Å²) in [5, 5.41) is 6.10. The van der Waals surface area contributed by atoms with E-state index < -0.39 is 24.5 Å². The molecule has 1 unspecified atom stereocenters. The van der Waals surface area contributed by atoms with Gasteiger partial charge in [0.15, 0.2) is 29.3 Å². The fourth-order valence-corrected chi connectivity index (χ4v) is 5.53. The highest BCUT2D eigenvalue weighted by Gasteiger charge is 2.51. The Kier molecular flexibility index (Phi) is 8.53. The molecule has 2 N–H and O–H groups in total. The van der Waals surface area contributed by atoms with Crippen molar-refractivity contribution in [1.82, 2.24) is 24.8 Å². The number of fused-ring (bicyclic) bond motifs is 2. The molecule has 2 aliphatic rings. The number of rotatable bonds is 5. The van der Waals surface area contributed by atoms with E-state index in [1.54, 1.807) is 13.4 Å². The quantitative estimate of drug-likeness (QED) is 0.416. The van der Waals surface area contributed by atoms with E-state index in [0.717, 1.165) is 31.2 Å². The predicted octanol–water partition coefficient (Wildman–Crippen LogP) is 3.67. The summed E-state index contributed by atoms with van der Waals surface area (Å²) in [5.74, 6) is 0.799. The number of hydrogen-bond donors (Lipinski definition) is 2. The molecular weight excluding hydrogens is 587 g/mol. The van der Waals surface area contributed by atoms with Gasteiger partial charge in [-0.05, 0) is 59.0 Å². The van der Waals surface area contributed by atoms with Crippen molar-refractivity contribution in [1.29, 1.82) is 0 Å². The first kappa shape index (κ1) is 26.3. The maximum Gasteiger partial charge on any atom is 0.251 e. The molecule has 0 saturated carbocycles. The Hall–Kier alpha value is -2.35. The zero-order chi connectivity index (χ0) is 25.8. The van der Waals surface area contributed by atoms with E-state index in [9.17, 15) is 4.79 Å². The zero-order valence-electron chi connectivity index (χ0n) is 21.1. The summed E-state index contributed by atoms with van der Waals surface area (Å²) in [7, 11) is 1.60. The van der Waals surface area contributed by atoms with Gasteiger partial charge in [-0.25, -0.2) is 15.0 Å². The standard InChI is InChI=1S/C26H33IN6O4/c1-16-7-4-3-5-10-35-20-21(25(34)28-2)37-26(22(20)36-13-16)33-15-32-19-23(30-14-31-24(19)33)29-12-17-8-6-9-18(27)11-17/h6,8-9,11,14-16,20-22,26H,3-5,7,10,12-13H2,1-2H3,(H,28,34)(H,29,30,31)/t16?,20-,21+,22-,26-/m1/s1. The van der Waals surface area contributed by atoms with Crippen LogP contribution in [0.2, 0.25) is 0 Å². The first-order valence-electron chi connectivity index (χ1n) is 12.8. The number of halogens is 1. The second kappa shape index (κ2) is 12.0. The molecule has 1 aromatic carbocycles. The monoisotopic (exact) mass is 620 g/mol. The van der Waals surface area contributed by atoms with E-state index in [-0.39, 0.29) is 5.91 Å². The van der Waals surface area contributed by atoms with Gasteiger partial charge in [-0.2, -0.15) is 0 Å². The Balaban J connectivity index is 1.44. The van der Waals surface area contributed by atoms with Crippen molar-refractivity contribution in [3.8, 4) is 0 Å². The van der Waals surface area contributed by atoms with Crippen LogP contribution in [-0.2, 0) is 25.5 Å². The second-order valence-corrected chi connectivity index (χ2v) is 10.9. The Bertz CT molecular complexity index is 1220. The Labute approximate surface area is 230 Å². The minimum Gasteiger partial charge on any atom is -0.372 e. The molecule has 10 nitrogen and oxygen atoms in total. The fourth-order valence-electron chi connectivity index (χ4n) is 4.93. The molecule has 11 heteroatoms. The van der Waals surface area contributed by atoms with Crippen molar-refractivity contribution < 1.29 is 19.0 Å². The molecule has 2 saturated heterocycles. The van der Waals surface area contributed by atoms with Gasteiger partial charge in [0.05, 0.1) is 6.33 Å². The number of imidazole rings is 1. The summed E-state index contributed by atoms with van der Waals surface area (Å²) >= 11 is 2.30. The van der Waals surface area contributed by atoms with Crippen LogP contribution in [0.25, 0.3) is 11.2 Å². The average molecular weight is 620 g/mol. The summed E-state index contributed by atoms with van der Waals surface area (Å²) in [4.78, 5) is 26.4. The third kappa shape index (κ3) is 5.89. The lowest BCUT2D eigenvalue weighted by Gasteiger charge is -2.25. The molecule has 2 aromatic heterocycles. The van der Waals surface area contributed by atoms with E-state index >= 15 is 0 Å². The number of ether oxygens (including phenoxy) is 3. The highest BCUT2D eigenvalue weighted by Crippen LogP contribution is 2.37. The van der Waals surface area contributed by atoms with Crippen LogP contribution in [0, 0.1) is 9.49 Å². The molecule has 5 atom stereocenters. The van der Waals surface area contributed by atoms with Crippen LogP contribution in [0.5, 0.6) is 0 Å². The molecule has 198 valence electrons. The van der Waals surface area contributed by atoms with Gasteiger partial charge >= 0.3 is 0 Å². The highest BCUT2D eigenvalue weighted by atomic mass is 127. The molecule has 5 rings (SSSR count). The largest absolute Gasteiger partial charge is 0.372 e. The number of likely N-dealkylation sites (N-methyl/N-ethyl adjacent to an activating group) is 1. The predicted molar refractivity (Wildman–Crippen MR) is 147 cm³/mol. The van der Waals surface area contributed by atoms with E-state index in [1.165, 1.54) is 9.90 Å². The van der Waals surface area contributed by atoms with Crippen LogP contribution < -0.4 is 10.6 Å². The summed E-state index contributed by atoms with van der Waals surface area (Å²) in [5.41, 5.74) is 2.38. The van der Waals surface area contributed by atoms with Crippen LogP contribution in [0.3, 0.4) is 0 Å². The lowest BCUT2D eigenvalue weighted by Crippen LogP contribution is -2.44. The van der Waals surface area contributed by atoms with Gasteiger partial charge in [0.25, 0.3) is 5.91 Å². The van der Waals surface area contributed by atoms with Crippen molar-refractivity contribution in [2.45, 2.75) is 63.7 Å². The number of nitrogens with one attached hydrogen (secondary N) is 2. The van der Waals surface area contributed by atoms with Crippen molar-refractivity contribution in [2.24, 2.45) is 5.92 Å².